The molecule has 2 aliphatic rings. The standard InChI is InChI=1S/C20H27NO3/c1-2-12-24-19(22)18(15-6-4-3-5-7-15)16-8-10-17(11-9-16)20(21)13-23-14-20/h2,8-11,15,18H,1,3-7,12-14,21H2. The summed E-state index contributed by atoms with van der Waals surface area (Å²) < 4.78 is 10.6. The van der Waals surface area contributed by atoms with Crippen molar-refractivity contribution in [1.29, 1.82) is 0 Å². The van der Waals surface area contributed by atoms with Gasteiger partial charge in [-0.15, -0.1) is 0 Å². The Morgan fingerprint density at radius 3 is 2.50 bits per heavy atom. The highest BCUT2D eigenvalue weighted by Crippen LogP contribution is 2.38. The van der Waals surface area contributed by atoms with E-state index in [1.807, 2.05) is 24.3 Å². The number of benzene rings is 1. The number of ether oxygens (including phenoxy) is 2. The lowest BCUT2D eigenvalue weighted by Gasteiger charge is -2.38. The summed E-state index contributed by atoms with van der Waals surface area (Å²) in [6.07, 6.45) is 7.44. The Bertz CT molecular complexity index is 571. The van der Waals surface area contributed by atoms with Crippen molar-refractivity contribution >= 4 is 5.97 Å². The Kier molecular flexibility index (Phi) is 5.36. The molecule has 1 atom stereocenters. The highest BCUT2D eigenvalue weighted by molar-refractivity contribution is 5.78. The third kappa shape index (κ3) is 3.55. The summed E-state index contributed by atoms with van der Waals surface area (Å²) in [5.41, 5.74) is 8.02. The maximum atomic E-state index is 12.6. The van der Waals surface area contributed by atoms with E-state index in [9.17, 15) is 4.79 Å². The lowest BCUT2D eigenvalue weighted by Crippen LogP contribution is -2.54. The monoisotopic (exact) mass is 329 g/mol. The molecule has 1 aliphatic heterocycles. The largest absolute Gasteiger partial charge is 0.461 e. The molecular formula is C20H27NO3. The lowest BCUT2D eigenvalue weighted by atomic mass is 9.76. The van der Waals surface area contributed by atoms with E-state index in [1.165, 1.54) is 19.3 Å². The van der Waals surface area contributed by atoms with Gasteiger partial charge in [0.25, 0.3) is 0 Å². The fourth-order valence-electron chi connectivity index (χ4n) is 3.81. The molecule has 4 heteroatoms. The quantitative estimate of drug-likeness (QED) is 0.643. The van der Waals surface area contributed by atoms with Crippen molar-refractivity contribution in [3.05, 3.63) is 48.0 Å². The molecule has 1 unspecified atom stereocenters. The molecule has 1 heterocycles. The molecule has 1 saturated carbocycles. The highest BCUT2D eigenvalue weighted by atomic mass is 16.5. The zero-order valence-electron chi connectivity index (χ0n) is 14.2. The average Bonchev–Trinajstić information content (AvgIpc) is 2.59. The van der Waals surface area contributed by atoms with Crippen LogP contribution in [0.5, 0.6) is 0 Å². The van der Waals surface area contributed by atoms with Gasteiger partial charge in [-0.05, 0) is 29.9 Å². The summed E-state index contributed by atoms with van der Waals surface area (Å²) in [5, 5.41) is 0. The molecule has 0 radical (unpaired) electrons. The minimum Gasteiger partial charge on any atom is -0.461 e. The van der Waals surface area contributed by atoms with E-state index in [4.69, 9.17) is 15.2 Å². The number of esters is 1. The number of hydrogen-bond donors (Lipinski definition) is 1. The third-order valence-electron chi connectivity index (χ3n) is 5.28. The van der Waals surface area contributed by atoms with E-state index in [0.717, 1.165) is 24.0 Å². The molecule has 4 nitrogen and oxygen atoms in total. The van der Waals surface area contributed by atoms with E-state index >= 15 is 0 Å². The SMILES string of the molecule is C=CCOC(=O)C(c1ccc(C2(N)COC2)cc1)C1CCCCC1. The fraction of sp³-hybridized carbons (Fsp3) is 0.550. The summed E-state index contributed by atoms with van der Waals surface area (Å²) >= 11 is 0. The Hall–Kier alpha value is -1.65. The summed E-state index contributed by atoms with van der Waals surface area (Å²) in [4.78, 5) is 12.6. The van der Waals surface area contributed by atoms with E-state index in [2.05, 4.69) is 6.58 Å². The van der Waals surface area contributed by atoms with Crippen LogP contribution in [0.25, 0.3) is 0 Å². The maximum absolute atomic E-state index is 12.6. The van der Waals surface area contributed by atoms with Crippen LogP contribution in [0.3, 0.4) is 0 Å². The molecule has 2 N–H and O–H groups in total. The number of carbonyl (C=O) groups is 1. The van der Waals surface area contributed by atoms with E-state index < -0.39 is 0 Å². The van der Waals surface area contributed by atoms with E-state index in [-0.39, 0.29) is 24.0 Å². The van der Waals surface area contributed by atoms with Gasteiger partial charge >= 0.3 is 5.97 Å². The van der Waals surface area contributed by atoms with Crippen molar-refractivity contribution in [2.24, 2.45) is 11.7 Å². The molecule has 0 aromatic heterocycles. The lowest BCUT2D eigenvalue weighted by molar-refractivity contribution is -0.146. The predicted molar refractivity (Wildman–Crippen MR) is 93.6 cm³/mol. The second-order valence-corrected chi connectivity index (χ2v) is 7.07. The van der Waals surface area contributed by atoms with Crippen molar-refractivity contribution in [2.45, 2.75) is 43.6 Å². The molecule has 130 valence electrons. The van der Waals surface area contributed by atoms with Gasteiger partial charge in [0.15, 0.2) is 0 Å². The first-order valence-corrected chi connectivity index (χ1v) is 8.89. The van der Waals surface area contributed by atoms with Crippen LogP contribution in [0.4, 0.5) is 0 Å². The zero-order valence-corrected chi connectivity index (χ0v) is 14.2. The van der Waals surface area contributed by atoms with Crippen LogP contribution in [0.15, 0.2) is 36.9 Å². The molecule has 24 heavy (non-hydrogen) atoms. The topological polar surface area (TPSA) is 61.5 Å². The van der Waals surface area contributed by atoms with Crippen LogP contribution in [-0.2, 0) is 19.8 Å². The minimum atomic E-state index is -0.373. The minimum absolute atomic E-state index is 0.135. The Labute approximate surface area is 144 Å². The van der Waals surface area contributed by atoms with Gasteiger partial charge in [0, 0.05) is 0 Å². The summed E-state index contributed by atoms with van der Waals surface area (Å²) in [7, 11) is 0. The number of carbonyl (C=O) groups excluding carboxylic acids is 1. The summed E-state index contributed by atoms with van der Waals surface area (Å²) in [6, 6.07) is 8.15. The number of hydrogen-bond acceptors (Lipinski definition) is 4. The van der Waals surface area contributed by atoms with Crippen LogP contribution in [0.1, 0.15) is 49.1 Å². The number of nitrogens with two attached hydrogens (primary N) is 1. The predicted octanol–water partition coefficient (Wildman–Crippen LogP) is 3.26. The van der Waals surface area contributed by atoms with Gasteiger partial charge in [-0.2, -0.15) is 0 Å². The summed E-state index contributed by atoms with van der Waals surface area (Å²) in [5.74, 6) is 0.0374. The van der Waals surface area contributed by atoms with Crippen molar-refractivity contribution in [1.82, 2.24) is 0 Å². The van der Waals surface area contributed by atoms with E-state index in [0.29, 0.717) is 19.1 Å². The Morgan fingerprint density at radius 1 is 1.29 bits per heavy atom. The summed E-state index contributed by atoms with van der Waals surface area (Å²) in [6.45, 7) is 5.01. The molecular weight excluding hydrogens is 302 g/mol. The highest BCUT2D eigenvalue weighted by Gasteiger charge is 2.37. The molecule has 0 bridgehead atoms. The van der Waals surface area contributed by atoms with Crippen LogP contribution in [-0.4, -0.2) is 25.8 Å². The first kappa shape index (κ1) is 17.2. The van der Waals surface area contributed by atoms with Gasteiger partial charge in [0.1, 0.15) is 6.61 Å². The van der Waals surface area contributed by atoms with Crippen molar-refractivity contribution in [3.63, 3.8) is 0 Å². The molecule has 1 saturated heterocycles. The van der Waals surface area contributed by atoms with Gasteiger partial charge < -0.3 is 15.2 Å². The van der Waals surface area contributed by atoms with Crippen LogP contribution in [0.2, 0.25) is 0 Å². The van der Waals surface area contributed by atoms with Gasteiger partial charge in [-0.1, -0.05) is 56.2 Å². The molecule has 1 aromatic rings. The van der Waals surface area contributed by atoms with Crippen molar-refractivity contribution in [2.75, 3.05) is 19.8 Å². The number of rotatable bonds is 6. The first-order valence-electron chi connectivity index (χ1n) is 8.89. The van der Waals surface area contributed by atoms with Crippen LogP contribution < -0.4 is 5.73 Å². The molecule has 1 aliphatic carbocycles. The molecule has 0 spiro atoms. The van der Waals surface area contributed by atoms with Gasteiger partial charge in [0.05, 0.1) is 24.7 Å². The van der Waals surface area contributed by atoms with Crippen molar-refractivity contribution < 1.29 is 14.3 Å². The molecule has 2 fully saturated rings. The Morgan fingerprint density at radius 2 is 1.96 bits per heavy atom. The van der Waals surface area contributed by atoms with Gasteiger partial charge in [0.2, 0.25) is 0 Å². The Balaban J connectivity index is 1.80. The van der Waals surface area contributed by atoms with E-state index in [1.54, 1.807) is 6.08 Å². The second kappa shape index (κ2) is 7.49. The molecule has 3 rings (SSSR count). The smallest absolute Gasteiger partial charge is 0.314 e. The average molecular weight is 329 g/mol. The molecule has 1 aromatic carbocycles. The van der Waals surface area contributed by atoms with Crippen LogP contribution >= 0.6 is 0 Å². The van der Waals surface area contributed by atoms with Crippen LogP contribution in [0, 0.1) is 5.92 Å². The maximum Gasteiger partial charge on any atom is 0.314 e. The first-order chi connectivity index (χ1) is 11.6. The second-order valence-electron chi connectivity index (χ2n) is 7.07. The van der Waals surface area contributed by atoms with Gasteiger partial charge in [-0.25, -0.2) is 0 Å². The third-order valence-corrected chi connectivity index (χ3v) is 5.28. The van der Waals surface area contributed by atoms with Crippen molar-refractivity contribution in [3.8, 4) is 0 Å². The zero-order chi connectivity index (χ0) is 17.0. The normalized spacial score (nSPS) is 21.5. The fourth-order valence-corrected chi connectivity index (χ4v) is 3.81. The van der Waals surface area contributed by atoms with Gasteiger partial charge in [-0.3, -0.25) is 4.79 Å². The molecule has 0 amide bonds.